The van der Waals surface area contributed by atoms with Gasteiger partial charge in [-0.2, -0.15) is 0 Å². The topological polar surface area (TPSA) is 26.0 Å². The predicted octanol–water partition coefficient (Wildman–Crippen LogP) is 1.93. The lowest BCUT2D eigenvalue weighted by atomic mass is 10.2. The molecule has 3 heteroatoms. The van der Waals surface area contributed by atoms with Crippen molar-refractivity contribution in [2.75, 3.05) is 0 Å². The van der Waals surface area contributed by atoms with Crippen LogP contribution in [0.15, 0.2) is 24.3 Å². The zero-order chi connectivity index (χ0) is 7.56. The van der Waals surface area contributed by atoms with E-state index in [0.717, 1.165) is 9.13 Å². The summed E-state index contributed by atoms with van der Waals surface area (Å²) in [5.41, 5.74) is 6.40. The zero-order valence-corrected chi connectivity index (χ0v) is 8.15. The Kier molecular flexibility index (Phi) is 2.62. The van der Waals surface area contributed by atoms with Gasteiger partial charge < -0.3 is 5.73 Å². The molecule has 0 saturated carbocycles. The van der Waals surface area contributed by atoms with Crippen molar-refractivity contribution < 1.29 is 0 Å². The Bertz CT molecular complexity index is 260. The van der Waals surface area contributed by atoms with Crippen molar-refractivity contribution in [1.29, 1.82) is 0 Å². The monoisotopic (exact) mass is 263 g/mol. The molecule has 0 aliphatic heterocycles. The molecule has 0 aromatic heterocycles. The summed E-state index contributed by atoms with van der Waals surface area (Å²) in [7, 11) is 0. The minimum atomic E-state index is 0.463. The molecule has 0 aliphatic carbocycles. The van der Waals surface area contributed by atoms with Crippen molar-refractivity contribution in [3.63, 3.8) is 0 Å². The van der Waals surface area contributed by atoms with Gasteiger partial charge in [-0.05, 0) is 28.7 Å². The number of halogens is 1. The molecule has 2 N–H and O–H groups in total. The maximum Gasteiger partial charge on any atom is 0.105 e. The Hall–Kier alpha value is -0.160. The van der Waals surface area contributed by atoms with E-state index in [-0.39, 0.29) is 0 Å². The van der Waals surface area contributed by atoms with Crippen molar-refractivity contribution in [2.24, 2.45) is 5.73 Å². The molecule has 0 heterocycles. The fourth-order valence-electron chi connectivity index (χ4n) is 0.661. The fraction of sp³-hybridized carbons (Fsp3) is 0. The van der Waals surface area contributed by atoms with Gasteiger partial charge in [-0.1, -0.05) is 30.4 Å². The molecule has 0 fully saturated rings. The van der Waals surface area contributed by atoms with Gasteiger partial charge in [0.05, 0.1) is 0 Å². The molecule has 0 radical (unpaired) electrons. The summed E-state index contributed by atoms with van der Waals surface area (Å²) >= 11 is 7.03. The van der Waals surface area contributed by atoms with Crippen LogP contribution in [0.25, 0.3) is 0 Å². The molecule has 0 unspecified atom stereocenters. The van der Waals surface area contributed by atoms with E-state index in [9.17, 15) is 0 Å². The predicted molar refractivity (Wildman–Crippen MR) is 55.0 cm³/mol. The molecular formula is C7H6INS. The summed E-state index contributed by atoms with van der Waals surface area (Å²) in [5, 5.41) is 0. The van der Waals surface area contributed by atoms with Gasteiger partial charge in [0.2, 0.25) is 0 Å². The van der Waals surface area contributed by atoms with Gasteiger partial charge in [-0.3, -0.25) is 0 Å². The largest absolute Gasteiger partial charge is 0.389 e. The highest BCUT2D eigenvalue weighted by molar-refractivity contribution is 14.1. The molecule has 0 bridgehead atoms. The second-order valence-electron chi connectivity index (χ2n) is 1.84. The van der Waals surface area contributed by atoms with Gasteiger partial charge in [-0.15, -0.1) is 0 Å². The Labute approximate surface area is 78.8 Å². The third-order valence-corrected chi connectivity index (χ3v) is 2.30. The highest BCUT2D eigenvalue weighted by Crippen LogP contribution is 2.10. The molecule has 0 amide bonds. The second kappa shape index (κ2) is 3.30. The summed E-state index contributed by atoms with van der Waals surface area (Å²) in [4.78, 5) is 0.463. The van der Waals surface area contributed by atoms with Crippen LogP contribution < -0.4 is 5.73 Å². The lowest BCUT2D eigenvalue weighted by Crippen LogP contribution is -2.10. The Morgan fingerprint density at radius 3 is 2.40 bits per heavy atom. The number of benzene rings is 1. The van der Waals surface area contributed by atoms with Gasteiger partial charge in [0.1, 0.15) is 4.99 Å². The molecule has 0 saturated heterocycles. The van der Waals surface area contributed by atoms with Gasteiger partial charge in [0.15, 0.2) is 0 Å². The SMILES string of the molecule is NC(=S)c1ccccc1I. The van der Waals surface area contributed by atoms with E-state index >= 15 is 0 Å². The zero-order valence-electron chi connectivity index (χ0n) is 5.17. The van der Waals surface area contributed by atoms with Gasteiger partial charge in [0, 0.05) is 9.13 Å². The van der Waals surface area contributed by atoms with Crippen molar-refractivity contribution in [3.05, 3.63) is 33.4 Å². The molecule has 0 aliphatic rings. The quantitative estimate of drug-likeness (QED) is 0.619. The average molecular weight is 263 g/mol. The number of nitrogens with two attached hydrogens (primary N) is 1. The van der Waals surface area contributed by atoms with Gasteiger partial charge in [0.25, 0.3) is 0 Å². The third kappa shape index (κ3) is 1.67. The number of hydrogen-bond acceptors (Lipinski definition) is 1. The normalized spacial score (nSPS) is 9.30. The maximum absolute atomic E-state index is 5.44. The van der Waals surface area contributed by atoms with Crippen molar-refractivity contribution >= 4 is 39.8 Å². The van der Waals surface area contributed by atoms with E-state index in [4.69, 9.17) is 18.0 Å². The Morgan fingerprint density at radius 1 is 1.40 bits per heavy atom. The summed E-state index contributed by atoms with van der Waals surface area (Å²) in [6, 6.07) is 7.79. The second-order valence-corrected chi connectivity index (χ2v) is 3.45. The van der Waals surface area contributed by atoms with Crippen molar-refractivity contribution in [1.82, 2.24) is 0 Å². The minimum Gasteiger partial charge on any atom is -0.389 e. The summed E-state index contributed by atoms with van der Waals surface area (Å²) in [6.45, 7) is 0. The van der Waals surface area contributed by atoms with E-state index in [1.165, 1.54) is 0 Å². The van der Waals surface area contributed by atoms with E-state index < -0.39 is 0 Å². The first-order valence-corrected chi connectivity index (χ1v) is 4.25. The molecule has 10 heavy (non-hydrogen) atoms. The van der Waals surface area contributed by atoms with Crippen LogP contribution in [0.5, 0.6) is 0 Å². The van der Waals surface area contributed by atoms with E-state index in [1.807, 2.05) is 24.3 Å². The van der Waals surface area contributed by atoms with E-state index in [1.54, 1.807) is 0 Å². The Morgan fingerprint density at radius 2 is 2.00 bits per heavy atom. The van der Waals surface area contributed by atoms with Crippen LogP contribution in [0.4, 0.5) is 0 Å². The van der Waals surface area contributed by atoms with E-state index in [2.05, 4.69) is 22.6 Å². The molecule has 52 valence electrons. The lowest BCUT2D eigenvalue weighted by Gasteiger charge is -1.98. The molecular weight excluding hydrogens is 257 g/mol. The van der Waals surface area contributed by atoms with E-state index in [0.29, 0.717) is 4.99 Å². The first-order valence-electron chi connectivity index (χ1n) is 2.76. The average Bonchev–Trinajstić information content (AvgIpc) is 1.88. The van der Waals surface area contributed by atoms with Crippen molar-refractivity contribution in [2.45, 2.75) is 0 Å². The maximum atomic E-state index is 5.44. The highest BCUT2D eigenvalue weighted by atomic mass is 127. The smallest absolute Gasteiger partial charge is 0.105 e. The summed E-state index contributed by atoms with van der Waals surface area (Å²) in [5.74, 6) is 0. The lowest BCUT2D eigenvalue weighted by molar-refractivity contribution is 1.57. The highest BCUT2D eigenvalue weighted by Gasteiger charge is 1.98. The van der Waals surface area contributed by atoms with Crippen LogP contribution in [0.3, 0.4) is 0 Å². The molecule has 1 rings (SSSR count). The number of rotatable bonds is 1. The molecule has 1 aromatic rings. The molecule has 1 nitrogen and oxygen atoms in total. The Balaban J connectivity index is 3.15. The van der Waals surface area contributed by atoms with Crippen LogP contribution in [0.2, 0.25) is 0 Å². The van der Waals surface area contributed by atoms with Gasteiger partial charge in [-0.25, -0.2) is 0 Å². The minimum absolute atomic E-state index is 0.463. The molecule has 0 atom stereocenters. The summed E-state index contributed by atoms with van der Waals surface area (Å²) in [6.07, 6.45) is 0. The van der Waals surface area contributed by atoms with Crippen molar-refractivity contribution in [3.8, 4) is 0 Å². The first-order chi connectivity index (χ1) is 4.72. The standard InChI is InChI=1S/C7H6INS/c8-6-4-2-1-3-5(6)7(9)10/h1-4H,(H2,9,10). The number of thiocarbonyl (C=S) groups is 1. The molecule has 1 aromatic carbocycles. The summed E-state index contributed by atoms with van der Waals surface area (Å²) < 4.78 is 1.10. The van der Waals surface area contributed by atoms with Crippen LogP contribution in [-0.4, -0.2) is 4.99 Å². The fourth-order valence-corrected chi connectivity index (χ4v) is 1.70. The third-order valence-electron chi connectivity index (χ3n) is 1.14. The van der Waals surface area contributed by atoms with Crippen LogP contribution in [-0.2, 0) is 0 Å². The first kappa shape index (κ1) is 7.94. The number of hydrogen-bond donors (Lipinski definition) is 1. The van der Waals surface area contributed by atoms with Crippen LogP contribution in [0, 0.1) is 3.57 Å². The van der Waals surface area contributed by atoms with Gasteiger partial charge >= 0.3 is 0 Å². The van der Waals surface area contributed by atoms with Crippen LogP contribution >= 0.6 is 34.8 Å². The molecule has 0 spiro atoms. The van der Waals surface area contributed by atoms with Crippen LogP contribution in [0.1, 0.15) is 5.56 Å².